The fraction of sp³-hybridized carbons (Fsp3) is 0.607. The molecule has 1 unspecified atom stereocenters. The Morgan fingerprint density at radius 1 is 1.07 bits per heavy atom. The maximum atomic E-state index is 13.7. The maximum absolute atomic E-state index is 13.7. The molecule has 12 nitrogen and oxygen atoms in total. The Balaban J connectivity index is 1.53. The summed E-state index contributed by atoms with van der Waals surface area (Å²) in [5.41, 5.74) is 1.92. The summed E-state index contributed by atoms with van der Waals surface area (Å²) in [6.07, 6.45) is 0.487. The van der Waals surface area contributed by atoms with Crippen molar-refractivity contribution in [3.05, 3.63) is 29.7 Å². The minimum atomic E-state index is -3.77. The number of rotatable bonds is 9. The van der Waals surface area contributed by atoms with Crippen LogP contribution in [0.3, 0.4) is 0 Å². The molecule has 41 heavy (non-hydrogen) atoms. The van der Waals surface area contributed by atoms with E-state index in [0.717, 1.165) is 24.3 Å². The molecular formula is C28H43N7O5S. The van der Waals surface area contributed by atoms with Gasteiger partial charge in [0.1, 0.15) is 35.2 Å². The highest BCUT2D eigenvalue weighted by Crippen LogP contribution is 2.37. The average molecular weight is 590 g/mol. The van der Waals surface area contributed by atoms with Gasteiger partial charge < -0.3 is 19.9 Å². The van der Waals surface area contributed by atoms with Crippen LogP contribution in [0.1, 0.15) is 52.8 Å². The molecular weight excluding hydrogens is 546 g/mol. The summed E-state index contributed by atoms with van der Waals surface area (Å²) in [6, 6.07) is 3.27. The zero-order valence-corrected chi connectivity index (χ0v) is 26.1. The van der Waals surface area contributed by atoms with E-state index in [9.17, 15) is 13.5 Å². The summed E-state index contributed by atoms with van der Waals surface area (Å²) in [5.74, 6) is 1.41. The first-order chi connectivity index (χ1) is 19.1. The van der Waals surface area contributed by atoms with Gasteiger partial charge in [0.05, 0.1) is 21.6 Å². The molecule has 0 aliphatic carbocycles. The first kappa shape index (κ1) is 31.1. The molecule has 1 atom stereocenters. The summed E-state index contributed by atoms with van der Waals surface area (Å²) in [7, 11) is -3.77. The van der Waals surface area contributed by atoms with Crippen molar-refractivity contribution >= 4 is 32.4 Å². The van der Waals surface area contributed by atoms with Crippen molar-refractivity contribution in [1.29, 1.82) is 0 Å². The smallest absolute Gasteiger partial charge is 0.216 e. The predicted octanol–water partition coefficient (Wildman–Crippen LogP) is 3.37. The number of nitrogens with one attached hydrogen (secondary N) is 2. The number of ether oxygens (including phenoxy) is 2. The molecule has 226 valence electrons. The third-order valence-corrected chi connectivity index (χ3v) is 9.65. The van der Waals surface area contributed by atoms with E-state index in [1.54, 1.807) is 32.9 Å². The quantitative estimate of drug-likeness (QED) is 0.316. The Kier molecular flexibility index (Phi) is 8.95. The van der Waals surface area contributed by atoms with Crippen LogP contribution in [-0.2, 0) is 14.6 Å². The molecule has 3 N–H and O–H groups in total. The third kappa shape index (κ3) is 7.15. The molecule has 2 aromatic heterocycles. The highest BCUT2D eigenvalue weighted by molar-refractivity contribution is 7.92. The van der Waals surface area contributed by atoms with E-state index >= 15 is 0 Å². The van der Waals surface area contributed by atoms with Crippen LogP contribution < -0.4 is 10.1 Å². The minimum Gasteiger partial charge on any atom is -0.491 e. The van der Waals surface area contributed by atoms with Gasteiger partial charge in [-0.25, -0.2) is 18.4 Å². The second-order valence-corrected chi connectivity index (χ2v) is 15.0. The summed E-state index contributed by atoms with van der Waals surface area (Å²) in [6.45, 7) is 18.2. The molecule has 1 aromatic carbocycles. The van der Waals surface area contributed by atoms with Crippen molar-refractivity contribution in [3.8, 4) is 5.75 Å². The number of aromatic amines is 1. The lowest BCUT2D eigenvalue weighted by molar-refractivity contribution is -0.244. The van der Waals surface area contributed by atoms with E-state index in [4.69, 9.17) is 9.47 Å². The summed E-state index contributed by atoms with van der Waals surface area (Å²) in [4.78, 5) is 13.0. The van der Waals surface area contributed by atoms with Crippen LogP contribution in [-0.4, -0.2) is 99.6 Å². The fourth-order valence-corrected chi connectivity index (χ4v) is 5.74. The van der Waals surface area contributed by atoms with Crippen LogP contribution in [0.5, 0.6) is 5.75 Å². The van der Waals surface area contributed by atoms with Gasteiger partial charge in [-0.1, -0.05) is 0 Å². The average Bonchev–Trinajstić information content (AvgIpc) is 3.19. The number of nitrogens with zero attached hydrogens (tertiary/aromatic N) is 5. The summed E-state index contributed by atoms with van der Waals surface area (Å²) >= 11 is 0. The Morgan fingerprint density at radius 3 is 2.34 bits per heavy atom. The molecule has 1 aliphatic rings. The number of fused-ring (bicyclic) bond motifs is 1. The predicted molar refractivity (Wildman–Crippen MR) is 158 cm³/mol. The Hall–Kier alpha value is -2.84. The zero-order chi connectivity index (χ0) is 30.2. The molecule has 0 amide bonds. The van der Waals surface area contributed by atoms with Gasteiger partial charge in [-0.05, 0) is 61.5 Å². The standard InChI is InChI=1S/C28H43N7O5S/c1-18-19(2)32-33-24(18)31-25-20-15-23(41(37,38)28(6,7)8)22(16-21(20)29-17-30-25)39-14-13-34-9-11-35(12-10-34)26(36)40-27(3,4)5/h15-17,26,36H,9-14H2,1-8H3,(H2,29,30,31,32,33). The number of hydrogen-bond donors (Lipinski definition) is 3. The molecule has 1 aliphatic heterocycles. The highest BCUT2D eigenvalue weighted by Gasteiger charge is 2.34. The summed E-state index contributed by atoms with van der Waals surface area (Å²) < 4.78 is 38.2. The van der Waals surface area contributed by atoms with Gasteiger partial charge in [-0.3, -0.25) is 14.9 Å². The first-order valence-electron chi connectivity index (χ1n) is 13.8. The molecule has 4 rings (SSSR count). The van der Waals surface area contributed by atoms with Crippen LogP contribution in [0.2, 0.25) is 0 Å². The number of aliphatic hydroxyl groups is 1. The Bertz CT molecular complexity index is 1470. The molecule has 1 saturated heterocycles. The summed E-state index contributed by atoms with van der Waals surface area (Å²) in [5, 5.41) is 21.4. The zero-order valence-electron chi connectivity index (χ0n) is 25.3. The lowest BCUT2D eigenvalue weighted by Gasteiger charge is -2.38. The molecule has 0 saturated carbocycles. The van der Waals surface area contributed by atoms with Gasteiger partial charge in [0, 0.05) is 49.7 Å². The third-order valence-electron chi connectivity index (χ3n) is 7.14. The van der Waals surface area contributed by atoms with Crippen LogP contribution >= 0.6 is 0 Å². The number of sulfone groups is 1. The van der Waals surface area contributed by atoms with E-state index in [2.05, 4.69) is 30.4 Å². The Morgan fingerprint density at radius 2 is 1.76 bits per heavy atom. The van der Waals surface area contributed by atoms with Crippen LogP contribution in [0.25, 0.3) is 10.9 Å². The van der Waals surface area contributed by atoms with Crippen molar-refractivity contribution in [3.63, 3.8) is 0 Å². The number of aromatic nitrogens is 4. The van der Waals surface area contributed by atoms with Gasteiger partial charge in [0.15, 0.2) is 9.84 Å². The van der Waals surface area contributed by atoms with Gasteiger partial charge in [0.25, 0.3) is 0 Å². The monoisotopic (exact) mass is 589 g/mol. The molecule has 3 aromatic rings. The number of aryl methyl sites for hydroxylation is 1. The highest BCUT2D eigenvalue weighted by atomic mass is 32.2. The van der Waals surface area contributed by atoms with E-state index in [1.807, 2.05) is 39.5 Å². The number of piperazine rings is 1. The Labute approximate surface area is 242 Å². The van der Waals surface area contributed by atoms with Gasteiger partial charge in [-0.2, -0.15) is 5.10 Å². The molecule has 0 radical (unpaired) electrons. The number of aliphatic hydroxyl groups excluding tert-OH is 1. The van der Waals surface area contributed by atoms with Crippen LogP contribution in [0, 0.1) is 13.8 Å². The largest absolute Gasteiger partial charge is 0.491 e. The number of anilines is 2. The number of H-pyrrole nitrogens is 1. The molecule has 0 spiro atoms. The van der Waals surface area contributed by atoms with Gasteiger partial charge in [0.2, 0.25) is 6.41 Å². The second-order valence-electron chi connectivity index (χ2n) is 12.4. The molecule has 1 fully saturated rings. The van der Waals surface area contributed by atoms with E-state index in [1.165, 1.54) is 6.33 Å². The van der Waals surface area contributed by atoms with Gasteiger partial charge in [-0.15, -0.1) is 0 Å². The van der Waals surface area contributed by atoms with Crippen molar-refractivity contribution in [2.24, 2.45) is 0 Å². The molecule has 3 heterocycles. The van der Waals surface area contributed by atoms with Crippen LogP contribution in [0.4, 0.5) is 11.6 Å². The normalized spacial score (nSPS) is 16.7. The fourth-order valence-electron chi connectivity index (χ4n) is 4.43. The lowest BCUT2D eigenvalue weighted by atomic mass is 10.2. The first-order valence-corrected chi connectivity index (χ1v) is 15.3. The van der Waals surface area contributed by atoms with Crippen molar-refractivity contribution in [1.82, 2.24) is 30.0 Å². The van der Waals surface area contributed by atoms with E-state index in [0.29, 0.717) is 48.8 Å². The lowest BCUT2D eigenvalue weighted by Crippen LogP contribution is -2.53. The maximum Gasteiger partial charge on any atom is 0.216 e. The van der Waals surface area contributed by atoms with Gasteiger partial charge >= 0.3 is 0 Å². The van der Waals surface area contributed by atoms with Crippen molar-refractivity contribution in [2.75, 3.05) is 44.6 Å². The number of hydrogen-bond acceptors (Lipinski definition) is 11. The minimum absolute atomic E-state index is 0.0973. The van der Waals surface area contributed by atoms with Crippen molar-refractivity contribution < 1.29 is 23.0 Å². The van der Waals surface area contributed by atoms with Crippen LogP contribution in [0.15, 0.2) is 23.4 Å². The second kappa shape index (κ2) is 11.8. The number of benzene rings is 1. The van der Waals surface area contributed by atoms with E-state index in [-0.39, 0.29) is 10.6 Å². The topological polar surface area (TPSA) is 146 Å². The molecule has 0 bridgehead atoms. The molecule has 13 heteroatoms. The van der Waals surface area contributed by atoms with Crippen molar-refractivity contribution in [2.45, 2.75) is 77.0 Å². The van der Waals surface area contributed by atoms with E-state index < -0.39 is 26.6 Å². The SMILES string of the molecule is Cc1n[nH]c(Nc2ncnc3cc(OCCN4CCN(C(O)OC(C)(C)C)CC4)c(S(=O)(=O)C(C)(C)C)cc23)c1C.